The molecule has 2 N–H and O–H groups in total. The first-order valence-corrected chi connectivity index (χ1v) is 9.54. The highest BCUT2D eigenvalue weighted by Crippen LogP contribution is 2.30. The van der Waals surface area contributed by atoms with E-state index in [0.717, 1.165) is 44.0 Å². The Labute approximate surface area is 155 Å². The van der Waals surface area contributed by atoms with E-state index in [1.807, 2.05) is 17.9 Å². The molecule has 4 heterocycles. The van der Waals surface area contributed by atoms with Crippen LogP contribution in [0.4, 0.5) is 5.82 Å². The van der Waals surface area contributed by atoms with E-state index in [-0.39, 0.29) is 5.92 Å². The Morgan fingerprint density at radius 3 is 3.04 bits per heavy atom. The van der Waals surface area contributed by atoms with Crippen molar-refractivity contribution in [1.29, 1.82) is 0 Å². The van der Waals surface area contributed by atoms with Crippen LogP contribution in [0.25, 0.3) is 0 Å². The van der Waals surface area contributed by atoms with Crippen molar-refractivity contribution in [3.05, 3.63) is 58.7 Å². The molecule has 1 aliphatic heterocycles. The summed E-state index contributed by atoms with van der Waals surface area (Å²) >= 11 is 1.60. The molecule has 0 aliphatic carbocycles. The van der Waals surface area contributed by atoms with Gasteiger partial charge in [0.1, 0.15) is 11.6 Å². The highest BCUT2D eigenvalue weighted by Gasteiger charge is 2.27. The normalized spacial score (nSPS) is 17.4. The topological polar surface area (TPSA) is 89.9 Å². The van der Waals surface area contributed by atoms with Crippen LogP contribution in [0.2, 0.25) is 0 Å². The Bertz CT molecular complexity index is 891. The summed E-state index contributed by atoms with van der Waals surface area (Å²) in [6.45, 7) is 2.36. The van der Waals surface area contributed by atoms with Gasteiger partial charge in [-0.1, -0.05) is 0 Å². The van der Waals surface area contributed by atoms with Gasteiger partial charge in [-0.3, -0.25) is 4.79 Å². The molecule has 0 unspecified atom stereocenters. The van der Waals surface area contributed by atoms with E-state index in [4.69, 9.17) is 5.73 Å². The molecular weight excluding hydrogens is 348 g/mol. The average molecular weight is 368 g/mol. The number of nitrogens with zero attached hydrogens (tertiary/aromatic N) is 5. The number of hydrogen-bond acceptors (Lipinski definition) is 6. The van der Waals surface area contributed by atoms with E-state index in [0.29, 0.717) is 11.4 Å². The number of piperidine rings is 1. The fourth-order valence-corrected chi connectivity index (χ4v) is 4.08. The lowest BCUT2D eigenvalue weighted by molar-refractivity contribution is 0.100. The van der Waals surface area contributed by atoms with Crippen molar-refractivity contribution in [3.8, 4) is 0 Å². The van der Waals surface area contributed by atoms with Crippen LogP contribution in [0.15, 0.2) is 41.6 Å². The fourth-order valence-electron chi connectivity index (χ4n) is 3.53. The summed E-state index contributed by atoms with van der Waals surface area (Å²) in [5.74, 6) is 1.56. The van der Waals surface area contributed by atoms with Crippen molar-refractivity contribution in [2.75, 3.05) is 18.0 Å². The van der Waals surface area contributed by atoms with Crippen molar-refractivity contribution in [1.82, 2.24) is 19.5 Å². The SMILES string of the molecule is NC(=O)c1cccnc1N1CCC[C@H](c2nccn2Cc2cscn2)C1. The number of carbonyl (C=O) groups is 1. The molecular formula is C18H20N6OS. The Hall–Kier alpha value is -2.74. The summed E-state index contributed by atoms with van der Waals surface area (Å²) in [4.78, 5) is 27.3. The molecule has 0 saturated carbocycles. The molecule has 26 heavy (non-hydrogen) atoms. The number of carbonyl (C=O) groups excluding carboxylic acids is 1. The van der Waals surface area contributed by atoms with Gasteiger partial charge in [0, 0.05) is 43.0 Å². The number of hydrogen-bond donors (Lipinski definition) is 1. The van der Waals surface area contributed by atoms with Crippen molar-refractivity contribution < 1.29 is 4.79 Å². The van der Waals surface area contributed by atoms with Gasteiger partial charge < -0.3 is 15.2 Å². The molecule has 3 aromatic heterocycles. The lowest BCUT2D eigenvalue weighted by atomic mass is 9.96. The number of imidazole rings is 1. The molecule has 1 aliphatic rings. The lowest BCUT2D eigenvalue weighted by Gasteiger charge is -2.34. The van der Waals surface area contributed by atoms with Crippen molar-refractivity contribution in [2.24, 2.45) is 5.73 Å². The third-order valence-electron chi connectivity index (χ3n) is 4.70. The van der Waals surface area contributed by atoms with Gasteiger partial charge in [0.2, 0.25) is 0 Å². The van der Waals surface area contributed by atoms with Gasteiger partial charge in [0.05, 0.1) is 23.3 Å². The average Bonchev–Trinajstić information content (AvgIpc) is 3.34. The van der Waals surface area contributed by atoms with Gasteiger partial charge in [0.25, 0.3) is 5.91 Å². The van der Waals surface area contributed by atoms with E-state index in [1.165, 1.54) is 0 Å². The molecule has 3 aromatic rings. The summed E-state index contributed by atoms with van der Waals surface area (Å²) in [7, 11) is 0. The zero-order valence-electron chi connectivity index (χ0n) is 14.3. The minimum Gasteiger partial charge on any atom is -0.365 e. The monoisotopic (exact) mass is 368 g/mol. The molecule has 1 fully saturated rings. The second kappa shape index (κ2) is 7.25. The highest BCUT2D eigenvalue weighted by molar-refractivity contribution is 7.07. The number of rotatable bonds is 5. The molecule has 8 heteroatoms. The molecule has 1 saturated heterocycles. The Kier molecular flexibility index (Phi) is 4.66. The smallest absolute Gasteiger partial charge is 0.252 e. The van der Waals surface area contributed by atoms with Crippen LogP contribution >= 0.6 is 11.3 Å². The van der Waals surface area contributed by atoms with Crippen LogP contribution < -0.4 is 10.6 Å². The summed E-state index contributed by atoms with van der Waals surface area (Å²) in [5.41, 5.74) is 8.89. The van der Waals surface area contributed by atoms with E-state index in [1.54, 1.807) is 29.7 Å². The third-order valence-corrected chi connectivity index (χ3v) is 5.34. The quantitative estimate of drug-likeness (QED) is 0.746. The van der Waals surface area contributed by atoms with Gasteiger partial charge in [-0.05, 0) is 25.0 Å². The number of amides is 1. The number of anilines is 1. The molecule has 134 valence electrons. The van der Waals surface area contributed by atoms with Crippen molar-refractivity contribution in [3.63, 3.8) is 0 Å². The van der Waals surface area contributed by atoms with Gasteiger partial charge in [-0.15, -0.1) is 11.3 Å². The third kappa shape index (κ3) is 3.32. The molecule has 7 nitrogen and oxygen atoms in total. The highest BCUT2D eigenvalue weighted by atomic mass is 32.1. The van der Waals surface area contributed by atoms with Gasteiger partial charge in [-0.25, -0.2) is 15.0 Å². The van der Waals surface area contributed by atoms with E-state index in [9.17, 15) is 4.79 Å². The van der Waals surface area contributed by atoms with Crippen LogP contribution in [-0.4, -0.2) is 38.5 Å². The molecule has 0 spiro atoms. The van der Waals surface area contributed by atoms with Gasteiger partial charge >= 0.3 is 0 Å². The molecule has 0 aromatic carbocycles. The Morgan fingerprint density at radius 1 is 1.31 bits per heavy atom. The van der Waals surface area contributed by atoms with Crippen LogP contribution in [-0.2, 0) is 6.54 Å². The Balaban J connectivity index is 1.57. The first kappa shape index (κ1) is 16.7. The number of aromatic nitrogens is 4. The van der Waals surface area contributed by atoms with E-state index < -0.39 is 5.91 Å². The van der Waals surface area contributed by atoms with Crippen LogP contribution in [0, 0.1) is 0 Å². The molecule has 1 amide bonds. The van der Waals surface area contributed by atoms with Crippen LogP contribution in [0.1, 0.15) is 40.6 Å². The number of thiazole rings is 1. The largest absolute Gasteiger partial charge is 0.365 e. The number of nitrogens with two attached hydrogens (primary N) is 1. The maximum Gasteiger partial charge on any atom is 0.252 e. The second-order valence-electron chi connectivity index (χ2n) is 6.42. The summed E-state index contributed by atoms with van der Waals surface area (Å²) in [6, 6.07) is 3.48. The van der Waals surface area contributed by atoms with Gasteiger partial charge in [-0.2, -0.15) is 0 Å². The number of primary amides is 1. The number of pyridine rings is 1. The van der Waals surface area contributed by atoms with Crippen LogP contribution in [0.5, 0.6) is 0 Å². The molecule has 0 radical (unpaired) electrons. The summed E-state index contributed by atoms with van der Waals surface area (Å²) in [6.07, 6.45) is 7.63. The summed E-state index contributed by atoms with van der Waals surface area (Å²) < 4.78 is 2.16. The second-order valence-corrected chi connectivity index (χ2v) is 7.14. The zero-order chi connectivity index (χ0) is 17.9. The summed E-state index contributed by atoms with van der Waals surface area (Å²) in [5, 5.41) is 2.06. The Morgan fingerprint density at radius 2 is 2.23 bits per heavy atom. The maximum atomic E-state index is 11.7. The van der Waals surface area contributed by atoms with Crippen LogP contribution in [0.3, 0.4) is 0 Å². The zero-order valence-corrected chi connectivity index (χ0v) is 15.1. The minimum absolute atomic E-state index is 0.278. The molecule has 0 bridgehead atoms. The first-order valence-electron chi connectivity index (χ1n) is 8.60. The van der Waals surface area contributed by atoms with Gasteiger partial charge in [0.15, 0.2) is 0 Å². The van der Waals surface area contributed by atoms with Crippen molar-refractivity contribution in [2.45, 2.75) is 25.3 Å². The standard InChI is InChI=1S/C18H20N6OS/c19-16(25)15-4-1-5-20-18(15)23-7-2-3-13(9-23)17-21-6-8-24(17)10-14-11-26-12-22-14/h1,4-6,8,11-13H,2-3,7,9-10H2,(H2,19,25)/t13-/m0/s1. The van der Waals surface area contributed by atoms with E-state index in [2.05, 4.69) is 29.8 Å². The predicted octanol–water partition coefficient (Wildman–Crippen LogP) is 2.27. The molecule has 4 rings (SSSR count). The van der Waals surface area contributed by atoms with Crippen molar-refractivity contribution >= 4 is 23.1 Å². The lowest BCUT2D eigenvalue weighted by Crippen LogP contribution is -2.37. The predicted molar refractivity (Wildman–Crippen MR) is 100 cm³/mol. The fraction of sp³-hybridized carbons (Fsp3) is 0.333. The molecule has 1 atom stereocenters. The minimum atomic E-state index is -0.444. The van der Waals surface area contributed by atoms with E-state index >= 15 is 0 Å². The first-order chi connectivity index (χ1) is 12.7. The maximum absolute atomic E-state index is 11.7.